The zero-order valence-corrected chi connectivity index (χ0v) is 13.0. The zero-order valence-electron chi connectivity index (χ0n) is 12.2. The molecule has 2 heterocycles. The molecule has 1 unspecified atom stereocenters. The summed E-state index contributed by atoms with van der Waals surface area (Å²) < 4.78 is 1.61. The summed E-state index contributed by atoms with van der Waals surface area (Å²) in [6.07, 6.45) is 3.31. The first-order chi connectivity index (χ1) is 11.2. The summed E-state index contributed by atoms with van der Waals surface area (Å²) in [6.45, 7) is 0.464. The quantitative estimate of drug-likeness (QED) is 0.698. The Kier molecular flexibility index (Phi) is 4.57. The SMILES string of the molecule is Nc1nnc(C(NC(=O)CCn2cncn2)c2ccccc2)s1. The van der Waals surface area contributed by atoms with Crippen molar-refractivity contribution in [3.8, 4) is 0 Å². The normalized spacial score (nSPS) is 12.0. The van der Waals surface area contributed by atoms with Crippen LogP contribution in [0.4, 0.5) is 5.13 Å². The molecule has 0 radical (unpaired) electrons. The lowest BCUT2D eigenvalue weighted by molar-refractivity contribution is -0.121. The van der Waals surface area contributed by atoms with Crippen molar-refractivity contribution >= 4 is 22.4 Å². The number of rotatable bonds is 6. The van der Waals surface area contributed by atoms with E-state index in [4.69, 9.17) is 5.73 Å². The Hall–Kier alpha value is -2.81. The maximum atomic E-state index is 12.3. The predicted molar refractivity (Wildman–Crippen MR) is 85.4 cm³/mol. The van der Waals surface area contributed by atoms with Crippen molar-refractivity contribution in [2.45, 2.75) is 19.0 Å². The zero-order chi connectivity index (χ0) is 16.1. The van der Waals surface area contributed by atoms with Crippen molar-refractivity contribution in [1.29, 1.82) is 0 Å². The standard InChI is InChI=1S/C14H15N7OS/c15-14-20-19-13(23-14)12(10-4-2-1-3-5-10)18-11(22)6-7-21-9-16-8-17-21/h1-5,8-9,12H,6-7H2,(H2,15,20)(H,18,22). The molecule has 23 heavy (non-hydrogen) atoms. The number of carbonyl (C=O) groups is 1. The number of carbonyl (C=O) groups excluding carboxylic acids is 1. The lowest BCUT2D eigenvalue weighted by Crippen LogP contribution is -2.30. The highest BCUT2D eigenvalue weighted by molar-refractivity contribution is 7.15. The first-order valence-corrected chi connectivity index (χ1v) is 7.79. The van der Waals surface area contributed by atoms with E-state index in [2.05, 4.69) is 25.6 Å². The van der Waals surface area contributed by atoms with Crippen LogP contribution in [0.2, 0.25) is 0 Å². The van der Waals surface area contributed by atoms with E-state index < -0.39 is 0 Å². The Bertz CT molecular complexity index is 757. The average Bonchev–Trinajstić information content (AvgIpc) is 3.23. The molecule has 2 aromatic heterocycles. The van der Waals surface area contributed by atoms with Gasteiger partial charge in [0.15, 0.2) is 0 Å². The van der Waals surface area contributed by atoms with Crippen molar-refractivity contribution in [2.24, 2.45) is 0 Å². The molecule has 0 saturated carbocycles. The van der Waals surface area contributed by atoms with Crippen LogP contribution in [0.1, 0.15) is 23.0 Å². The molecule has 0 fully saturated rings. The molecule has 1 atom stereocenters. The van der Waals surface area contributed by atoms with Crippen molar-refractivity contribution < 1.29 is 4.79 Å². The van der Waals surface area contributed by atoms with Crippen LogP contribution in [0.25, 0.3) is 0 Å². The second kappa shape index (κ2) is 6.97. The second-order valence-electron chi connectivity index (χ2n) is 4.80. The summed E-state index contributed by atoms with van der Waals surface area (Å²) in [4.78, 5) is 16.1. The molecule has 3 N–H and O–H groups in total. The summed E-state index contributed by atoms with van der Waals surface area (Å²) in [5.74, 6) is -0.108. The van der Waals surface area contributed by atoms with Crippen molar-refractivity contribution in [3.05, 3.63) is 53.6 Å². The maximum absolute atomic E-state index is 12.3. The van der Waals surface area contributed by atoms with E-state index in [1.807, 2.05) is 30.3 Å². The van der Waals surface area contributed by atoms with E-state index in [-0.39, 0.29) is 11.9 Å². The number of anilines is 1. The van der Waals surface area contributed by atoms with Crippen LogP contribution in [0.5, 0.6) is 0 Å². The van der Waals surface area contributed by atoms with Crippen molar-refractivity contribution in [3.63, 3.8) is 0 Å². The molecule has 0 aliphatic carbocycles. The van der Waals surface area contributed by atoms with E-state index in [0.29, 0.717) is 23.1 Å². The molecule has 0 aliphatic rings. The van der Waals surface area contributed by atoms with Gasteiger partial charge in [0, 0.05) is 6.42 Å². The molecule has 0 saturated heterocycles. The van der Waals surface area contributed by atoms with Gasteiger partial charge < -0.3 is 11.1 Å². The molecule has 0 aliphatic heterocycles. The molecule has 0 spiro atoms. The van der Waals surface area contributed by atoms with Gasteiger partial charge in [-0.25, -0.2) is 4.98 Å². The van der Waals surface area contributed by atoms with Crippen LogP contribution >= 0.6 is 11.3 Å². The number of nitrogens with two attached hydrogens (primary N) is 1. The van der Waals surface area contributed by atoms with E-state index >= 15 is 0 Å². The molecule has 1 aromatic carbocycles. The number of aromatic nitrogens is 5. The minimum absolute atomic E-state index is 0.108. The number of hydrogen-bond donors (Lipinski definition) is 2. The summed E-state index contributed by atoms with van der Waals surface area (Å²) in [5, 5.41) is 15.9. The number of aryl methyl sites for hydroxylation is 1. The number of nitrogen functional groups attached to an aromatic ring is 1. The molecule has 3 aromatic rings. The van der Waals surface area contributed by atoms with Crippen molar-refractivity contribution in [1.82, 2.24) is 30.3 Å². The topological polar surface area (TPSA) is 112 Å². The summed E-state index contributed by atoms with van der Waals surface area (Å²) in [5.41, 5.74) is 6.59. The van der Waals surface area contributed by atoms with Crippen LogP contribution < -0.4 is 11.1 Å². The molecule has 3 rings (SSSR count). The van der Waals surface area contributed by atoms with E-state index in [0.717, 1.165) is 5.56 Å². The van der Waals surface area contributed by atoms with Crippen LogP contribution in [0.15, 0.2) is 43.0 Å². The van der Waals surface area contributed by atoms with E-state index in [1.165, 1.54) is 17.7 Å². The van der Waals surface area contributed by atoms with Gasteiger partial charge in [0.1, 0.15) is 23.7 Å². The lowest BCUT2D eigenvalue weighted by Gasteiger charge is -2.16. The molecule has 118 valence electrons. The third kappa shape index (κ3) is 3.89. The molecular weight excluding hydrogens is 314 g/mol. The summed E-state index contributed by atoms with van der Waals surface area (Å²) >= 11 is 1.26. The first kappa shape index (κ1) is 15.1. The highest BCUT2D eigenvalue weighted by atomic mass is 32.1. The molecule has 8 nitrogen and oxygen atoms in total. The van der Waals surface area contributed by atoms with Crippen molar-refractivity contribution in [2.75, 3.05) is 5.73 Å². The fraction of sp³-hybridized carbons (Fsp3) is 0.214. The van der Waals surface area contributed by atoms with Crippen LogP contribution in [-0.4, -0.2) is 30.9 Å². The molecule has 9 heteroatoms. The summed E-state index contributed by atoms with van der Waals surface area (Å²) in [7, 11) is 0. The van der Waals surface area contributed by atoms with Gasteiger partial charge in [0.25, 0.3) is 0 Å². The van der Waals surface area contributed by atoms with Crippen LogP contribution in [-0.2, 0) is 11.3 Å². The van der Waals surface area contributed by atoms with Gasteiger partial charge in [-0.05, 0) is 5.56 Å². The molecule has 1 amide bonds. The van der Waals surface area contributed by atoms with E-state index in [1.54, 1.807) is 11.0 Å². The smallest absolute Gasteiger partial charge is 0.222 e. The minimum Gasteiger partial charge on any atom is -0.374 e. The number of amides is 1. The Balaban J connectivity index is 1.72. The van der Waals surface area contributed by atoms with Gasteiger partial charge in [0.2, 0.25) is 11.0 Å². The molecule has 0 bridgehead atoms. The highest BCUT2D eigenvalue weighted by Crippen LogP contribution is 2.25. The predicted octanol–water partition coefficient (Wildman–Crippen LogP) is 1.01. The minimum atomic E-state index is -0.366. The third-order valence-corrected chi connectivity index (χ3v) is 3.99. The van der Waals surface area contributed by atoms with Gasteiger partial charge in [0.05, 0.1) is 6.54 Å². The van der Waals surface area contributed by atoms with Crippen LogP contribution in [0, 0.1) is 0 Å². The van der Waals surface area contributed by atoms with Gasteiger partial charge >= 0.3 is 0 Å². The molecular formula is C14H15N7OS. The Labute approximate surface area is 136 Å². The Morgan fingerprint density at radius 3 is 2.78 bits per heavy atom. The lowest BCUT2D eigenvalue weighted by atomic mass is 10.1. The number of benzene rings is 1. The fourth-order valence-corrected chi connectivity index (χ4v) is 2.78. The maximum Gasteiger partial charge on any atom is 0.222 e. The van der Waals surface area contributed by atoms with Gasteiger partial charge in [-0.3, -0.25) is 9.48 Å². The van der Waals surface area contributed by atoms with Gasteiger partial charge in [-0.15, -0.1) is 10.2 Å². The highest BCUT2D eigenvalue weighted by Gasteiger charge is 2.20. The average molecular weight is 329 g/mol. The third-order valence-electron chi connectivity index (χ3n) is 3.18. The number of nitrogens with one attached hydrogen (secondary N) is 1. The largest absolute Gasteiger partial charge is 0.374 e. The van der Waals surface area contributed by atoms with Crippen LogP contribution in [0.3, 0.4) is 0 Å². The Morgan fingerprint density at radius 1 is 1.30 bits per heavy atom. The Morgan fingerprint density at radius 2 is 2.13 bits per heavy atom. The number of nitrogens with zero attached hydrogens (tertiary/aromatic N) is 5. The number of hydrogen-bond acceptors (Lipinski definition) is 7. The summed E-state index contributed by atoms with van der Waals surface area (Å²) in [6, 6.07) is 9.23. The fourth-order valence-electron chi connectivity index (χ4n) is 2.09. The van der Waals surface area contributed by atoms with Gasteiger partial charge in [-0.1, -0.05) is 41.7 Å². The van der Waals surface area contributed by atoms with E-state index in [9.17, 15) is 4.79 Å². The first-order valence-electron chi connectivity index (χ1n) is 6.98. The monoisotopic (exact) mass is 329 g/mol. The van der Waals surface area contributed by atoms with Gasteiger partial charge in [-0.2, -0.15) is 5.10 Å². The second-order valence-corrected chi connectivity index (χ2v) is 5.84.